The highest BCUT2D eigenvalue weighted by atomic mass is 16.2. The fraction of sp³-hybridized carbons (Fsp3) is 0.471. The molecule has 2 unspecified atom stereocenters. The Morgan fingerprint density at radius 2 is 1.95 bits per heavy atom. The van der Waals surface area contributed by atoms with Gasteiger partial charge in [-0.05, 0) is 49.9 Å². The van der Waals surface area contributed by atoms with E-state index in [2.05, 4.69) is 16.6 Å². The molecule has 0 saturated heterocycles. The predicted octanol–water partition coefficient (Wildman–Crippen LogP) is 1.80. The first-order valence-corrected chi connectivity index (χ1v) is 7.72. The van der Waals surface area contributed by atoms with E-state index in [9.17, 15) is 9.59 Å². The zero-order valence-electron chi connectivity index (χ0n) is 13.0. The van der Waals surface area contributed by atoms with Crippen LogP contribution in [0.5, 0.6) is 0 Å². The van der Waals surface area contributed by atoms with E-state index in [0.717, 1.165) is 35.4 Å². The van der Waals surface area contributed by atoms with Gasteiger partial charge in [-0.1, -0.05) is 6.07 Å². The molecule has 4 rings (SSSR count). The maximum absolute atomic E-state index is 12.4. The molecule has 5 nitrogen and oxygen atoms in total. The molecule has 114 valence electrons. The number of likely N-dealkylation sites (N-methyl/N-ethyl adjacent to an activating group) is 1. The number of anilines is 1. The summed E-state index contributed by atoms with van der Waals surface area (Å²) in [5, 5.41) is 4.29. The van der Waals surface area contributed by atoms with Crippen molar-refractivity contribution in [3.05, 3.63) is 29.3 Å². The fourth-order valence-corrected chi connectivity index (χ4v) is 3.83. The summed E-state index contributed by atoms with van der Waals surface area (Å²) in [5.74, 6) is 0.444. The van der Waals surface area contributed by atoms with Gasteiger partial charge in [0.25, 0.3) is 0 Å². The maximum atomic E-state index is 12.4. The van der Waals surface area contributed by atoms with E-state index < -0.39 is 5.41 Å². The summed E-state index contributed by atoms with van der Waals surface area (Å²) in [6, 6.07) is 6.07. The van der Waals surface area contributed by atoms with Gasteiger partial charge in [0, 0.05) is 24.6 Å². The lowest BCUT2D eigenvalue weighted by molar-refractivity contribution is -0.129. The minimum absolute atomic E-state index is 0.0383. The Balaban J connectivity index is 1.79. The third-order valence-electron chi connectivity index (χ3n) is 5.42. The van der Waals surface area contributed by atoms with E-state index in [-0.39, 0.29) is 23.7 Å². The molecule has 2 aliphatic heterocycles. The van der Waals surface area contributed by atoms with E-state index in [4.69, 9.17) is 0 Å². The SMILES string of the molecule is CN1C(=O)C(C)(C)c2cc(C3=NNC(=O)C4CCC34)ccc21. The van der Waals surface area contributed by atoms with Crippen molar-refractivity contribution < 1.29 is 9.59 Å². The standard InChI is InChI=1S/C17H19N3O2/c1-17(2)12-8-9(4-7-13(12)20(3)16(17)22)14-10-5-6-11(10)15(21)19-18-14/h4,7-8,10-11H,5-6H2,1-3H3,(H,19,21). The van der Waals surface area contributed by atoms with Crippen LogP contribution < -0.4 is 10.3 Å². The van der Waals surface area contributed by atoms with Crippen LogP contribution in [0.3, 0.4) is 0 Å². The summed E-state index contributed by atoms with van der Waals surface area (Å²) < 4.78 is 0. The minimum atomic E-state index is -0.516. The molecule has 1 aromatic rings. The first-order chi connectivity index (χ1) is 10.4. The van der Waals surface area contributed by atoms with Crippen molar-refractivity contribution in [3.63, 3.8) is 0 Å². The first-order valence-electron chi connectivity index (χ1n) is 7.72. The Kier molecular flexibility index (Phi) is 2.56. The highest BCUT2D eigenvalue weighted by Crippen LogP contribution is 2.43. The minimum Gasteiger partial charge on any atom is -0.314 e. The molecule has 5 heteroatoms. The molecule has 0 spiro atoms. The number of hydrogen-bond donors (Lipinski definition) is 1. The van der Waals surface area contributed by atoms with E-state index in [0.29, 0.717) is 0 Å². The van der Waals surface area contributed by atoms with Gasteiger partial charge in [-0.3, -0.25) is 9.59 Å². The summed E-state index contributed by atoms with van der Waals surface area (Å²) in [7, 11) is 1.82. The van der Waals surface area contributed by atoms with E-state index in [1.165, 1.54) is 0 Å². The molecule has 0 bridgehead atoms. The van der Waals surface area contributed by atoms with Crippen LogP contribution in [-0.4, -0.2) is 24.6 Å². The Bertz CT molecular complexity index is 735. The molecule has 1 aromatic carbocycles. The molecule has 2 heterocycles. The number of amides is 2. The molecular formula is C17H19N3O2. The summed E-state index contributed by atoms with van der Waals surface area (Å²) in [6.07, 6.45) is 1.95. The van der Waals surface area contributed by atoms with Gasteiger partial charge in [-0.15, -0.1) is 0 Å². The van der Waals surface area contributed by atoms with Gasteiger partial charge in [0.1, 0.15) is 0 Å². The Morgan fingerprint density at radius 1 is 1.23 bits per heavy atom. The number of fused-ring (bicyclic) bond motifs is 2. The molecule has 1 N–H and O–H groups in total. The fourth-order valence-electron chi connectivity index (χ4n) is 3.83. The summed E-state index contributed by atoms with van der Waals surface area (Å²) >= 11 is 0. The molecule has 3 aliphatic rings. The number of rotatable bonds is 1. The third-order valence-corrected chi connectivity index (χ3v) is 5.42. The van der Waals surface area contributed by atoms with E-state index in [1.54, 1.807) is 4.90 Å². The highest BCUT2D eigenvalue weighted by molar-refractivity contribution is 6.11. The lowest BCUT2D eigenvalue weighted by atomic mass is 9.68. The average Bonchev–Trinajstić information content (AvgIpc) is 2.62. The van der Waals surface area contributed by atoms with E-state index in [1.807, 2.05) is 33.0 Å². The normalized spacial score (nSPS) is 28.5. The van der Waals surface area contributed by atoms with Crippen LogP contribution in [0.1, 0.15) is 37.8 Å². The number of nitrogens with zero attached hydrogens (tertiary/aromatic N) is 2. The zero-order valence-corrected chi connectivity index (χ0v) is 13.0. The van der Waals surface area contributed by atoms with Crippen molar-refractivity contribution in [3.8, 4) is 0 Å². The molecule has 1 saturated carbocycles. The highest BCUT2D eigenvalue weighted by Gasteiger charge is 2.45. The molecule has 22 heavy (non-hydrogen) atoms. The largest absolute Gasteiger partial charge is 0.314 e. The molecule has 2 amide bonds. The summed E-state index contributed by atoms with van der Waals surface area (Å²) in [6.45, 7) is 3.91. The molecule has 2 atom stereocenters. The number of nitrogens with one attached hydrogen (secondary N) is 1. The second-order valence-corrected chi connectivity index (χ2v) is 6.98. The molecule has 1 aliphatic carbocycles. The summed E-state index contributed by atoms with van der Waals surface area (Å²) in [4.78, 5) is 25.8. The van der Waals surface area contributed by atoms with Crippen molar-refractivity contribution in [1.82, 2.24) is 5.43 Å². The first kappa shape index (κ1) is 13.5. The Morgan fingerprint density at radius 3 is 2.64 bits per heavy atom. The number of benzene rings is 1. The van der Waals surface area contributed by atoms with Gasteiger partial charge in [-0.25, -0.2) is 5.43 Å². The quantitative estimate of drug-likeness (QED) is 0.859. The lowest BCUT2D eigenvalue weighted by Crippen LogP contribution is -2.47. The van der Waals surface area contributed by atoms with Crippen LogP contribution in [0.4, 0.5) is 5.69 Å². The van der Waals surface area contributed by atoms with Gasteiger partial charge >= 0.3 is 0 Å². The van der Waals surface area contributed by atoms with Crippen LogP contribution in [0.2, 0.25) is 0 Å². The van der Waals surface area contributed by atoms with Gasteiger partial charge in [0.2, 0.25) is 11.8 Å². The third kappa shape index (κ3) is 1.56. The van der Waals surface area contributed by atoms with Crippen LogP contribution in [0, 0.1) is 11.8 Å². The van der Waals surface area contributed by atoms with Crippen molar-refractivity contribution in [2.24, 2.45) is 16.9 Å². The van der Waals surface area contributed by atoms with Gasteiger partial charge < -0.3 is 4.90 Å². The van der Waals surface area contributed by atoms with Crippen molar-refractivity contribution in [2.75, 3.05) is 11.9 Å². The number of hydrazone groups is 1. The van der Waals surface area contributed by atoms with Gasteiger partial charge in [0.15, 0.2) is 0 Å². The van der Waals surface area contributed by atoms with Crippen LogP contribution in [-0.2, 0) is 15.0 Å². The second kappa shape index (κ2) is 4.18. The molecule has 0 aromatic heterocycles. The van der Waals surface area contributed by atoms with Crippen LogP contribution in [0.25, 0.3) is 0 Å². The summed E-state index contributed by atoms with van der Waals surface area (Å²) in [5.41, 5.74) is 6.09. The number of carbonyl (C=O) groups is 2. The maximum Gasteiger partial charge on any atom is 0.243 e. The number of hydrogen-bond acceptors (Lipinski definition) is 3. The average molecular weight is 297 g/mol. The van der Waals surface area contributed by atoms with Gasteiger partial charge in [0.05, 0.1) is 11.1 Å². The van der Waals surface area contributed by atoms with Crippen LogP contribution >= 0.6 is 0 Å². The Hall–Kier alpha value is -2.17. The van der Waals surface area contributed by atoms with Crippen LogP contribution in [0.15, 0.2) is 23.3 Å². The monoisotopic (exact) mass is 297 g/mol. The molecular weight excluding hydrogens is 278 g/mol. The topological polar surface area (TPSA) is 61.8 Å². The van der Waals surface area contributed by atoms with Crippen molar-refractivity contribution >= 4 is 23.2 Å². The lowest BCUT2D eigenvalue weighted by Gasteiger charge is -2.39. The second-order valence-electron chi connectivity index (χ2n) is 6.98. The number of carbonyl (C=O) groups excluding carboxylic acids is 2. The van der Waals surface area contributed by atoms with Crippen molar-refractivity contribution in [1.29, 1.82) is 0 Å². The van der Waals surface area contributed by atoms with Gasteiger partial charge in [-0.2, -0.15) is 5.10 Å². The van der Waals surface area contributed by atoms with E-state index >= 15 is 0 Å². The van der Waals surface area contributed by atoms with Crippen molar-refractivity contribution in [2.45, 2.75) is 32.1 Å². The molecule has 1 fully saturated rings. The molecule has 0 radical (unpaired) electrons. The smallest absolute Gasteiger partial charge is 0.243 e. The Labute approximate surface area is 129 Å². The predicted molar refractivity (Wildman–Crippen MR) is 83.8 cm³/mol. The zero-order chi connectivity index (χ0) is 15.6.